The predicted molar refractivity (Wildman–Crippen MR) is 87.3 cm³/mol. The lowest BCUT2D eigenvalue weighted by molar-refractivity contribution is 0.102. The van der Waals surface area contributed by atoms with Crippen molar-refractivity contribution in [3.8, 4) is 5.75 Å². The number of hydrogen-bond donors (Lipinski definition) is 1. The largest absolute Gasteiger partial charge is 0.494 e. The number of benzene rings is 1. The lowest BCUT2D eigenvalue weighted by Gasteiger charge is -2.11. The summed E-state index contributed by atoms with van der Waals surface area (Å²) in [7, 11) is 0. The molecule has 0 aliphatic heterocycles. The maximum Gasteiger partial charge on any atom is 0.256 e. The molecule has 0 atom stereocenters. The number of thiophene rings is 1. The Hall–Kier alpha value is -1.33. The molecule has 0 saturated heterocycles. The van der Waals surface area contributed by atoms with E-state index in [-0.39, 0.29) is 5.91 Å². The van der Waals surface area contributed by atoms with E-state index in [2.05, 4.69) is 21.2 Å². The van der Waals surface area contributed by atoms with Crippen molar-refractivity contribution in [3.63, 3.8) is 0 Å². The van der Waals surface area contributed by atoms with Gasteiger partial charge < -0.3 is 10.1 Å². The molecule has 1 N–H and O–H groups in total. The molecule has 1 aromatic carbocycles. The maximum absolute atomic E-state index is 12.2. The van der Waals surface area contributed by atoms with Crippen LogP contribution in [0.25, 0.3) is 0 Å². The molecule has 0 bridgehead atoms. The molecule has 20 heavy (non-hydrogen) atoms. The molecule has 1 amide bonds. The first kappa shape index (κ1) is 15.1. The summed E-state index contributed by atoms with van der Waals surface area (Å²) in [5.74, 6) is 0.766. The van der Waals surface area contributed by atoms with Gasteiger partial charge in [0.2, 0.25) is 0 Å². The average molecular weight is 354 g/mol. The molecule has 0 aliphatic rings. The van der Waals surface area contributed by atoms with Gasteiger partial charge in [-0.1, -0.05) is 15.9 Å². The summed E-state index contributed by atoms with van der Waals surface area (Å²) >= 11 is 4.97. The van der Waals surface area contributed by atoms with Gasteiger partial charge in [0.25, 0.3) is 5.91 Å². The molecule has 0 saturated carbocycles. The summed E-state index contributed by atoms with van der Waals surface area (Å²) in [6, 6.07) is 5.67. The van der Waals surface area contributed by atoms with E-state index >= 15 is 0 Å². The standard InChI is InChI=1S/C15H16BrNO2S/c1-3-19-14-5-4-12(6-11(14)7-16)17-15(18)13-9-20-8-10(13)2/h4-6,8-9H,3,7H2,1-2H3,(H,17,18). The van der Waals surface area contributed by atoms with Crippen molar-refractivity contribution in [2.24, 2.45) is 0 Å². The number of halogens is 1. The summed E-state index contributed by atoms with van der Waals surface area (Å²) in [5, 5.41) is 7.44. The topological polar surface area (TPSA) is 38.3 Å². The van der Waals surface area contributed by atoms with Gasteiger partial charge in [0.15, 0.2) is 0 Å². The molecule has 2 rings (SSSR count). The van der Waals surface area contributed by atoms with Gasteiger partial charge in [0.1, 0.15) is 5.75 Å². The molecule has 2 aromatic rings. The van der Waals surface area contributed by atoms with Crippen molar-refractivity contribution in [3.05, 3.63) is 45.6 Å². The Labute approximate surface area is 131 Å². The van der Waals surface area contributed by atoms with Crippen molar-refractivity contribution >= 4 is 38.9 Å². The number of hydrogen-bond acceptors (Lipinski definition) is 3. The third kappa shape index (κ3) is 3.41. The molecule has 0 fully saturated rings. The van der Waals surface area contributed by atoms with E-state index in [1.54, 1.807) is 0 Å². The fourth-order valence-corrected chi connectivity index (χ4v) is 3.12. The Kier molecular flexibility index (Phi) is 5.20. The lowest BCUT2D eigenvalue weighted by Crippen LogP contribution is -2.12. The third-order valence-electron chi connectivity index (χ3n) is 2.86. The summed E-state index contributed by atoms with van der Waals surface area (Å²) < 4.78 is 5.54. The SMILES string of the molecule is CCOc1ccc(NC(=O)c2cscc2C)cc1CBr. The van der Waals surface area contributed by atoms with E-state index in [1.165, 1.54) is 11.3 Å². The van der Waals surface area contributed by atoms with Gasteiger partial charge >= 0.3 is 0 Å². The van der Waals surface area contributed by atoms with Crippen LogP contribution in [0.5, 0.6) is 5.75 Å². The lowest BCUT2D eigenvalue weighted by atomic mass is 10.1. The first-order chi connectivity index (χ1) is 9.65. The van der Waals surface area contributed by atoms with Crippen molar-refractivity contribution < 1.29 is 9.53 Å². The molecule has 1 aromatic heterocycles. The Morgan fingerprint density at radius 1 is 1.40 bits per heavy atom. The van der Waals surface area contributed by atoms with Crippen LogP contribution in [0.15, 0.2) is 29.0 Å². The summed E-state index contributed by atoms with van der Waals surface area (Å²) in [4.78, 5) is 12.2. The number of ether oxygens (including phenoxy) is 1. The second kappa shape index (κ2) is 6.90. The molecular formula is C15H16BrNO2S. The minimum atomic E-state index is -0.0755. The van der Waals surface area contributed by atoms with Crippen LogP contribution in [0.4, 0.5) is 5.69 Å². The number of amides is 1. The number of carbonyl (C=O) groups is 1. The average Bonchev–Trinajstić information content (AvgIpc) is 2.87. The Morgan fingerprint density at radius 2 is 2.20 bits per heavy atom. The van der Waals surface area contributed by atoms with Gasteiger partial charge in [-0.2, -0.15) is 11.3 Å². The number of nitrogens with one attached hydrogen (secondary N) is 1. The first-order valence-corrected chi connectivity index (χ1v) is 8.38. The van der Waals surface area contributed by atoms with Crippen LogP contribution in [0.2, 0.25) is 0 Å². The van der Waals surface area contributed by atoms with Gasteiger partial charge in [-0.25, -0.2) is 0 Å². The maximum atomic E-state index is 12.2. The van der Waals surface area contributed by atoms with Crippen LogP contribution in [0.3, 0.4) is 0 Å². The second-order valence-electron chi connectivity index (χ2n) is 4.31. The molecule has 106 valence electrons. The molecule has 0 radical (unpaired) electrons. The summed E-state index contributed by atoms with van der Waals surface area (Å²) in [5.41, 5.74) is 3.52. The van der Waals surface area contributed by atoms with Gasteiger partial charge in [-0.05, 0) is 43.0 Å². The molecule has 3 nitrogen and oxygen atoms in total. The highest BCUT2D eigenvalue weighted by Crippen LogP contribution is 2.26. The highest BCUT2D eigenvalue weighted by atomic mass is 79.9. The zero-order valence-corrected chi connectivity index (χ0v) is 13.8. The normalized spacial score (nSPS) is 10.3. The number of carbonyl (C=O) groups excluding carboxylic acids is 1. The summed E-state index contributed by atoms with van der Waals surface area (Å²) in [6.45, 7) is 4.51. The van der Waals surface area contributed by atoms with Crippen LogP contribution in [0.1, 0.15) is 28.4 Å². The van der Waals surface area contributed by atoms with E-state index in [4.69, 9.17) is 4.74 Å². The molecular weight excluding hydrogens is 338 g/mol. The van der Waals surface area contributed by atoms with E-state index in [1.807, 2.05) is 42.8 Å². The number of aryl methyl sites for hydroxylation is 1. The molecule has 5 heteroatoms. The highest BCUT2D eigenvalue weighted by Gasteiger charge is 2.11. The fraction of sp³-hybridized carbons (Fsp3) is 0.267. The van der Waals surface area contributed by atoms with Crippen molar-refractivity contribution in [2.45, 2.75) is 19.2 Å². The minimum absolute atomic E-state index is 0.0755. The molecule has 0 aliphatic carbocycles. The Balaban J connectivity index is 2.18. The quantitative estimate of drug-likeness (QED) is 0.797. The van der Waals surface area contributed by atoms with Crippen molar-refractivity contribution in [1.82, 2.24) is 0 Å². The third-order valence-corrected chi connectivity index (χ3v) is 4.33. The van der Waals surface area contributed by atoms with Crippen molar-refractivity contribution in [2.75, 3.05) is 11.9 Å². The highest BCUT2D eigenvalue weighted by molar-refractivity contribution is 9.08. The number of anilines is 1. The number of rotatable bonds is 5. The monoisotopic (exact) mass is 353 g/mol. The van der Waals surface area contributed by atoms with Gasteiger partial charge in [-0.15, -0.1) is 0 Å². The predicted octanol–water partition coefficient (Wildman–Crippen LogP) is 4.60. The van der Waals surface area contributed by atoms with Crippen molar-refractivity contribution in [1.29, 1.82) is 0 Å². The molecule has 0 unspecified atom stereocenters. The van der Waals surface area contributed by atoms with Gasteiger partial charge in [0.05, 0.1) is 12.2 Å². The van der Waals surface area contributed by atoms with Crippen LogP contribution in [-0.4, -0.2) is 12.5 Å². The Bertz CT molecular complexity index is 610. The number of alkyl halides is 1. The second-order valence-corrected chi connectivity index (χ2v) is 5.62. The molecule has 1 heterocycles. The van der Waals surface area contributed by atoms with E-state index in [0.29, 0.717) is 11.9 Å². The molecule has 0 spiro atoms. The van der Waals surface area contributed by atoms with Gasteiger partial charge in [-0.3, -0.25) is 4.79 Å². The zero-order valence-electron chi connectivity index (χ0n) is 11.4. The fourth-order valence-electron chi connectivity index (χ4n) is 1.85. The smallest absolute Gasteiger partial charge is 0.256 e. The van der Waals surface area contributed by atoms with Crippen LogP contribution in [-0.2, 0) is 5.33 Å². The van der Waals surface area contributed by atoms with Gasteiger partial charge in [0, 0.05) is 22.0 Å². The van der Waals surface area contributed by atoms with Crippen LogP contribution < -0.4 is 10.1 Å². The minimum Gasteiger partial charge on any atom is -0.494 e. The first-order valence-electron chi connectivity index (χ1n) is 6.31. The Morgan fingerprint density at radius 3 is 2.80 bits per heavy atom. The van der Waals surface area contributed by atoms with E-state index in [9.17, 15) is 4.79 Å². The van der Waals surface area contributed by atoms with E-state index < -0.39 is 0 Å². The van der Waals surface area contributed by atoms with E-state index in [0.717, 1.165) is 28.1 Å². The summed E-state index contributed by atoms with van der Waals surface area (Å²) in [6.07, 6.45) is 0. The van der Waals surface area contributed by atoms with Crippen LogP contribution >= 0.6 is 27.3 Å². The van der Waals surface area contributed by atoms with Crippen LogP contribution in [0, 0.1) is 6.92 Å². The zero-order chi connectivity index (χ0) is 14.5.